The smallest absolute Gasteiger partial charge is 0.251 e. The number of likely N-dealkylation sites (tertiary alicyclic amines) is 1. The Kier molecular flexibility index (Phi) is 4.53. The highest BCUT2D eigenvalue weighted by Gasteiger charge is 2.23. The molecule has 0 atom stereocenters. The molecule has 1 aliphatic carbocycles. The van der Waals surface area contributed by atoms with Gasteiger partial charge in [0.15, 0.2) is 0 Å². The zero-order valence-corrected chi connectivity index (χ0v) is 9.80. The molecule has 1 heterocycles. The van der Waals surface area contributed by atoms with Gasteiger partial charge in [0.2, 0.25) is 0 Å². The Morgan fingerprint density at radius 2 is 1.81 bits per heavy atom. The molecule has 2 aliphatic rings. The minimum Gasteiger partial charge on any atom is -0.314 e. The van der Waals surface area contributed by atoms with Gasteiger partial charge in [-0.05, 0) is 44.8 Å². The van der Waals surface area contributed by atoms with Crippen molar-refractivity contribution in [2.45, 2.75) is 44.6 Å². The Balaban J connectivity index is 1.53. The number of nitrogens with zero attached hydrogens (tertiary/aromatic N) is 1. The zero-order chi connectivity index (χ0) is 11.4. The summed E-state index contributed by atoms with van der Waals surface area (Å²) in [4.78, 5) is 1.88. The zero-order valence-electron chi connectivity index (χ0n) is 9.80. The molecule has 0 unspecified atom stereocenters. The van der Waals surface area contributed by atoms with Gasteiger partial charge in [-0.15, -0.1) is 0 Å². The van der Waals surface area contributed by atoms with Crippen LogP contribution in [0.25, 0.3) is 0 Å². The summed E-state index contributed by atoms with van der Waals surface area (Å²) in [6, 6.07) is 0.563. The number of piperidine rings is 1. The molecule has 0 aromatic rings. The van der Waals surface area contributed by atoms with Crippen LogP contribution in [0.2, 0.25) is 0 Å². The third-order valence-corrected chi connectivity index (χ3v) is 3.67. The molecule has 1 saturated carbocycles. The average Bonchev–Trinajstić information content (AvgIpc) is 3.04. The van der Waals surface area contributed by atoms with E-state index in [-0.39, 0.29) is 6.54 Å². The fourth-order valence-electron chi connectivity index (χ4n) is 2.41. The average molecular weight is 232 g/mol. The predicted octanol–water partition coefficient (Wildman–Crippen LogP) is 2.11. The SMILES string of the molecule is FC(F)CN1CCC(NCCC2CC2)CC1. The van der Waals surface area contributed by atoms with Crippen molar-refractivity contribution in [1.82, 2.24) is 10.2 Å². The van der Waals surface area contributed by atoms with Crippen LogP contribution >= 0.6 is 0 Å². The van der Waals surface area contributed by atoms with Gasteiger partial charge in [-0.25, -0.2) is 8.78 Å². The molecule has 0 aromatic carbocycles. The van der Waals surface area contributed by atoms with Crippen LogP contribution in [0, 0.1) is 5.92 Å². The van der Waals surface area contributed by atoms with E-state index in [0.29, 0.717) is 6.04 Å². The van der Waals surface area contributed by atoms with E-state index in [0.717, 1.165) is 38.4 Å². The Bertz CT molecular complexity index is 199. The highest BCUT2D eigenvalue weighted by atomic mass is 19.3. The predicted molar refractivity (Wildman–Crippen MR) is 60.8 cm³/mol. The van der Waals surface area contributed by atoms with Gasteiger partial charge in [-0.2, -0.15) is 0 Å². The van der Waals surface area contributed by atoms with Gasteiger partial charge < -0.3 is 5.32 Å². The van der Waals surface area contributed by atoms with Gasteiger partial charge in [0, 0.05) is 6.04 Å². The first-order valence-electron chi connectivity index (χ1n) is 6.48. The molecule has 0 radical (unpaired) electrons. The molecule has 1 aliphatic heterocycles. The maximum absolute atomic E-state index is 12.2. The summed E-state index contributed by atoms with van der Waals surface area (Å²) in [6.45, 7) is 2.72. The van der Waals surface area contributed by atoms with Gasteiger partial charge in [0.05, 0.1) is 6.54 Å². The first kappa shape index (κ1) is 12.2. The fourth-order valence-corrected chi connectivity index (χ4v) is 2.41. The molecular weight excluding hydrogens is 210 g/mol. The highest BCUT2D eigenvalue weighted by molar-refractivity contribution is 4.79. The highest BCUT2D eigenvalue weighted by Crippen LogP contribution is 2.31. The molecule has 0 aromatic heterocycles. The maximum Gasteiger partial charge on any atom is 0.251 e. The first-order chi connectivity index (χ1) is 7.74. The van der Waals surface area contributed by atoms with Gasteiger partial charge >= 0.3 is 0 Å². The van der Waals surface area contributed by atoms with Crippen molar-refractivity contribution in [3.8, 4) is 0 Å². The number of hydrogen-bond donors (Lipinski definition) is 1. The van der Waals surface area contributed by atoms with Crippen molar-refractivity contribution in [3.63, 3.8) is 0 Å². The largest absolute Gasteiger partial charge is 0.314 e. The number of hydrogen-bond acceptors (Lipinski definition) is 2. The fraction of sp³-hybridized carbons (Fsp3) is 1.00. The maximum atomic E-state index is 12.2. The van der Waals surface area contributed by atoms with Gasteiger partial charge in [-0.1, -0.05) is 12.8 Å². The van der Waals surface area contributed by atoms with Crippen LogP contribution in [0.4, 0.5) is 8.78 Å². The quantitative estimate of drug-likeness (QED) is 0.754. The Morgan fingerprint density at radius 1 is 1.12 bits per heavy atom. The molecule has 0 bridgehead atoms. The van der Waals surface area contributed by atoms with Crippen molar-refractivity contribution in [3.05, 3.63) is 0 Å². The molecule has 1 N–H and O–H groups in total. The van der Waals surface area contributed by atoms with E-state index in [1.165, 1.54) is 19.3 Å². The van der Waals surface area contributed by atoms with Crippen LogP contribution in [0.1, 0.15) is 32.1 Å². The normalized spacial score (nSPS) is 24.2. The molecule has 4 heteroatoms. The second-order valence-corrected chi connectivity index (χ2v) is 5.15. The van der Waals surface area contributed by atoms with E-state index in [4.69, 9.17) is 0 Å². The molecule has 1 saturated heterocycles. The lowest BCUT2D eigenvalue weighted by Crippen LogP contribution is -2.44. The van der Waals surface area contributed by atoms with E-state index in [2.05, 4.69) is 5.32 Å². The second-order valence-electron chi connectivity index (χ2n) is 5.15. The van der Waals surface area contributed by atoms with Crippen molar-refractivity contribution < 1.29 is 8.78 Å². The Labute approximate surface area is 96.4 Å². The summed E-state index contributed by atoms with van der Waals surface area (Å²) < 4.78 is 24.3. The standard InChI is InChI=1S/C12H22F2N2/c13-12(14)9-16-7-4-11(5-8-16)15-6-3-10-1-2-10/h10-12,15H,1-9H2. The number of nitrogens with one attached hydrogen (secondary N) is 1. The molecular formula is C12H22F2N2. The van der Waals surface area contributed by atoms with Crippen molar-refractivity contribution in [1.29, 1.82) is 0 Å². The van der Waals surface area contributed by atoms with Crippen molar-refractivity contribution >= 4 is 0 Å². The van der Waals surface area contributed by atoms with Gasteiger partial charge in [-0.3, -0.25) is 4.90 Å². The lowest BCUT2D eigenvalue weighted by Gasteiger charge is -2.32. The summed E-state index contributed by atoms with van der Waals surface area (Å²) in [5.74, 6) is 0.978. The van der Waals surface area contributed by atoms with Crippen molar-refractivity contribution in [2.24, 2.45) is 5.92 Å². The molecule has 2 rings (SSSR count). The number of halogens is 2. The third-order valence-electron chi connectivity index (χ3n) is 3.67. The van der Waals surface area contributed by atoms with Crippen LogP contribution in [0.15, 0.2) is 0 Å². The van der Waals surface area contributed by atoms with E-state index in [1.807, 2.05) is 4.90 Å². The van der Waals surface area contributed by atoms with Gasteiger partial charge in [0.25, 0.3) is 6.43 Å². The van der Waals surface area contributed by atoms with E-state index < -0.39 is 6.43 Å². The molecule has 0 spiro atoms. The first-order valence-corrected chi connectivity index (χ1v) is 6.48. The molecule has 2 fully saturated rings. The van der Waals surface area contributed by atoms with Crippen LogP contribution in [-0.2, 0) is 0 Å². The van der Waals surface area contributed by atoms with E-state index in [1.54, 1.807) is 0 Å². The van der Waals surface area contributed by atoms with Crippen LogP contribution in [0.5, 0.6) is 0 Å². The monoisotopic (exact) mass is 232 g/mol. The summed E-state index contributed by atoms with van der Waals surface area (Å²) in [5.41, 5.74) is 0. The number of rotatable bonds is 6. The van der Waals surface area contributed by atoms with Crippen LogP contribution in [0.3, 0.4) is 0 Å². The molecule has 16 heavy (non-hydrogen) atoms. The van der Waals surface area contributed by atoms with E-state index in [9.17, 15) is 8.78 Å². The molecule has 94 valence electrons. The summed E-state index contributed by atoms with van der Waals surface area (Å²) in [7, 11) is 0. The Hall–Kier alpha value is -0.220. The minimum absolute atomic E-state index is 0.0468. The number of alkyl halides is 2. The Morgan fingerprint density at radius 3 is 2.38 bits per heavy atom. The minimum atomic E-state index is -2.18. The summed E-state index contributed by atoms with van der Waals surface area (Å²) in [6.07, 6.45) is 3.99. The summed E-state index contributed by atoms with van der Waals surface area (Å²) in [5, 5.41) is 3.55. The van der Waals surface area contributed by atoms with Crippen LogP contribution in [-0.4, -0.2) is 43.5 Å². The topological polar surface area (TPSA) is 15.3 Å². The lowest BCUT2D eigenvalue weighted by atomic mass is 10.0. The molecule has 2 nitrogen and oxygen atoms in total. The van der Waals surface area contributed by atoms with Crippen molar-refractivity contribution in [2.75, 3.05) is 26.2 Å². The second kappa shape index (κ2) is 5.92. The van der Waals surface area contributed by atoms with E-state index >= 15 is 0 Å². The molecule has 0 amide bonds. The van der Waals surface area contributed by atoms with Gasteiger partial charge in [0.1, 0.15) is 0 Å². The van der Waals surface area contributed by atoms with Crippen LogP contribution < -0.4 is 5.32 Å². The lowest BCUT2D eigenvalue weighted by molar-refractivity contribution is 0.0730. The summed E-state index contributed by atoms with van der Waals surface area (Å²) >= 11 is 0. The third kappa shape index (κ3) is 4.34.